The van der Waals surface area contributed by atoms with Gasteiger partial charge in [-0.1, -0.05) is 114 Å². The van der Waals surface area contributed by atoms with Gasteiger partial charge in [0.2, 0.25) is 4.69 Å². The summed E-state index contributed by atoms with van der Waals surface area (Å²) in [6, 6.07) is 0. The van der Waals surface area contributed by atoms with Gasteiger partial charge in [-0.15, -0.1) is 0 Å². The maximum Gasteiger partial charge on any atom is 0.316 e. The highest BCUT2D eigenvalue weighted by Gasteiger charge is 2.33. The molecule has 0 aromatic carbocycles. The van der Waals surface area contributed by atoms with Crippen LogP contribution in [0.5, 0.6) is 0 Å². The summed E-state index contributed by atoms with van der Waals surface area (Å²) in [7, 11) is 0. The predicted molar refractivity (Wildman–Crippen MR) is 180 cm³/mol. The lowest BCUT2D eigenvalue weighted by Crippen LogP contribution is -2.36. The molecule has 5 nitrogen and oxygen atoms in total. The highest BCUT2D eigenvalue weighted by molar-refractivity contribution is 9.19. The summed E-state index contributed by atoms with van der Waals surface area (Å²) in [5.74, 6) is 3.66. The number of halogens is 3. The molecule has 0 saturated heterocycles. The average Bonchev–Trinajstić information content (AvgIpc) is 2.85. The number of hydrogen-bond donors (Lipinski definition) is 1. The Balaban J connectivity index is -0.000000476. The molecule has 0 aromatic heterocycles. The zero-order valence-electron chi connectivity index (χ0n) is 25.7. The van der Waals surface area contributed by atoms with Crippen LogP contribution in [0.2, 0.25) is 0 Å². The van der Waals surface area contributed by atoms with E-state index in [0.29, 0.717) is 40.2 Å². The average molecular weight is 753 g/mol. The number of nitrogens with zero attached hydrogens (tertiary/aromatic N) is 1. The SMILES string of the molecule is C.CC(C)[C@@H]1CC[C@@H](C)C[C@H]1O.CC(C)[C@@H]1CC[C@@H](C)C[C@H]1OC(=O)CBr.CCN(CC)CC.O=C(Br)CBr. The Morgan fingerprint density at radius 2 is 1.23 bits per heavy atom. The summed E-state index contributed by atoms with van der Waals surface area (Å²) in [5.41, 5.74) is 0. The largest absolute Gasteiger partial charge is 0.461 e. The van der Waals surface area contributed by atoms with Gasteiger partial charge in [0.25, 0.3) is 0 Å². The molecule has 0 heterocycles. The highest BCUT2D eigenvalue weighted by atomic mass is 79.9. The van der Waals surface area contributed by atoms with Crippen molar-refractivity contribution < 1.29 is 19.4 Å². The molecule has 0 aromatic rings. The molecule has 0 unspecified atom stereocenters. The van der Waals surface area contributed by atoms with Gasteiger partial charge in [-0.3, -0.25) is 9.59 Å². The van der Waals surface area contributed by atoms with Crippen LogP contribution in [-0.2, 0) is 14.3 Å². The van der Waals surface area contributed by atoms with Crippen LogP contribution in [-0.4, -0.2) is 63.2 Å². The van der Waals surface area contributed by atoms with E-state index in [0.717, 1.165) is 18.8 Å². The predicted octanol–water partition coefficient (Wildman–Crippen LogP) is 9.11. The number of carbonyl (C=O) groups is 2. The standard InChI is InChI=1S/C12H21BrO2.C10H20O.C6H15N.C2H2Br2O.CH4/c1-8(2)10-5-4-9(3)6-11(10)15-12(14)7-13;1-7(2)9-5-4-8(3)6-10(9)11;1-4-7(5-2)6-3;3-1-2(4)5;/h8-11H,4-7H2,1-3H3;7-11H,4-6H2,1-3H3;4-6H2,1-3H3;1H2;1H4/t9-,10+,11-;8-,9+,10-;;;/m11.../s1. The van der Waals surface area contributed by atoms with Gasteiger partial charge in [0.15, 0.2) is 0 Å². The first kappa shape index (κ1) is 43.9. The lowest BCUT2D eigenvalue weighted by Gasteiger charge is -2.36. The van der Waals surface area contributed by atoms with Crippen molar-refractivity contribution in [2.24, 2.45) is 35.5 Å². The van der Waals surface area contributed by atoms with E-state index in [-0.39, 0.29) is 30.3 Å². The zero-order chi connectivity index (χ0) is 29.8. The fourth-order valence-corrected chi connectivity index (χ4v) is 5.41. The summed E-state index contributed by atoms with van der Waals surface area (Å²) in [5, 5.41) is 10.4. The Morgan fingerprint density at radius 3 is 1.54 bits per heavy atom. The Hall–Kier alpha value is 0.500. The Morgan fingerprint density at radius 1 is 0.821 bits per heavy atom. The van der Waals surface area contributed by atoms with Crippen molar-refractivity contribution in [2.45, 2.75) is 120 Å². The van der Waals surface area contributed by atoms with E-state index in [9.17, 15) is 14.7 Å². The minimum atomic E-state index is -0.125. The molecular formula is C31H62Br3NO4. The van der Waals surface area contributed by atoms with E-state index < -0.39 is 0 Å². The number of aliphatic hydroxyl groups is 1. The molecule has 2 saturated carbocycles. The molecular weight excluding hydrogens is 690 g/mol. The van der Waals surface area contributed by atoms with E-state index in [4.69, 9.17) is 4.74 Å². The zero-order valence-corrected chi connectivity index (χ0v) is 30.4. The minimum absolute atomic E-state index is 0. The third-order valence-corrected chi connectivity index (χ3v) is 9.79. The molecule has 2 aliphatic rings. The first-order valence-electron chi connectivity index (χ1n) is 14.7. The smallest absolute Gasteiger partial charge is 0.316 e. The van der Waals surface area contributed by atoms with Gasteiger partial charge in [0, 0.05) is 0 Å². The quantitative estimate of drug-likeness (QED) is 0.152. The third-order valence-electron chi connectivity index (χ3n) is 7.79. The fraction of sp³-hybridized carbons (Fsp3) is 0.935. The number of rotatable bonds is 8. The summed E-state index contributed by atoms with van der Waals surface area (Å²) in [6.45, 7) is 23.5. The monoisotopic (exact) mass is 749 g/mol. The van der Waals surface area contributed by atoms with Crippen LogP contribution < -0.4 is 0 Å². The van der Waals surface area contributed by atoms with Crippen LogP contribution in [0.3, 0.4) is 0 Å². The van der Waals surface area contributed by atoms with Gasteiger partial charge < -0.3 is 14.7 Å². The second-order valence-corrected chi connectivity index (χ2v) is 13.5. The molecule has 0 spiro atoms. The maximum atomic E-state index is 11.3. The van der Waals surface area contributed by atoms with E-state index in [1.54, 1.807) is 0 Å². The van der Waals surface area contributed by atoms with E-state index in [2.05, 4.69) is 115 Å². The van der Waals surface area contributed by atoms with Gasteiger partial charge in [-0.05, 0) is 96.8 Å². The third kappa shape index (κ3) is 21.8. The molecule has 39 heavy (non-hydrogen) atoms. The van der Waals surface area contributed by atoms with Gasteiger partial charge in [-0.2, -0.15) is 0 Å². The van der Waals surface area contributed by atoms with E-state index in [1.165, 1.54) is 45.3 Å². The van der Waals surface area contributed by atoms with Crippen molar-refractivity contribution in [3.05, 3.63) is 0 Å². The van der Waals surface area contributed by atoms with Crippen molar-refractivity contribution in [3.8, 4) is 0 Å². The normalized spacial score (nSPS) is 26.2. The summed E-state index contributed by atoms with van der Waals surface area (Å²) in [4.78, 5) is 23.3. The Kier molecular flexibility index (Phi) is 29.5. The molecule has 0 radical (unpaired) electrons. The van der Waals surface area contributed by atoms with Gasteiger partial charge in [-0.25, -0.2) is 0 Å². The Labute approximate surface area is 267 Å². The lowest BCUT2D eigenvalue weighted by atomic mass is 9.75. The molecule has 2 fully saturated rings. The van der Waals surface area contributed by atoms with Crippen LogP contribution in [0.25, 0.3) is 0 Å². The van der Waals surface area contributed by atoms with E-state index in [1.807, 2.05) is 0 Å². The summed E-state index contributed by atoms with van der Waals surface area (Å²) < 4.78 is 5.48. The van der Waals surface area contributed by atoms with Gasteiger partial charge in [0.1, 0.15) is 11.4 Å². The number of esters is 1. The Bertz CT molecular complexity index is 597. The molecule has 0 bridgehead atoms. The van der Waals surface area contributed by atoms with Crippen molar-refractivity contribution in [1.82, 2.24) is 4.90 Å². The second kappa shape index (κ2) is 26.2. The van der Waals surface area contributed by atoms with Gasteiger partial charge >= 0.3 is 5.97 Å². The van der Waals surface area contributed by atoms with Crippen molar-refractivity contribution >= 4 is 58.5 Å². The highest BCUT2D eigenvalue weighted by Crippen LogP contribution is 2.35. The van der Waals surface area contributed by atoms with Gasteiger partial charge in [0.05, 0.1) is 11.4 Å². The van der Waals surface area contributed by atoms with Crippen molar-refractivity contribution in [1.29, 1.82) is 0 Å². The molecule has 8 heteroatoms. The first-order chi connectivity index (χ1) is 17.8. The molecule has 2 aliphatic carbocycles. The molecule has 2 rings (SSSR count). The topological polar surface area (TPSA) is 66.8 Å². The summed E-state index contributed by atoms with van der Waals surface area (Å²) in [6.07, 6.45) is 7.15. The number of alkyl halides is 2. The van der Waals surface area contributed by atoms with E-state index >= 15 is 0 Å². The molecule has 6 atom stereocenters. The molecule has 236 valence electrons. The lowest BCUT2D eigenvalue weighted by molar-refractivity contribution is -0.152. The van der Waals surface area contributed by atoms with Crippen LogP contribution in [0, 0.1) is 35.5 Å². The molecule has 0 amide bonds. The number of carbonyl (C=O) groups excluding carboxylic acids is 2. The number of aliphatic hydroxyl groups excluding tert-OH is 1. The first-order valence-corrected chi connectivity index (χ1v) is 17.7. The maximum absolute atomic E-state index is 11.3. The van der Waals surface area contributed by atoms with Crippen LogP contribution in [0.4, 0.5) is 0 Å². The molecule has 0 aliphatic heterocycles. The second-order valence-electron chi connectivity index (χ2n) is 11.5. The fourth-order valence-electron chi connectivity index (χ4n) is 5.27. The molecule has 1 N–H and O–H groups in total. The minimum Gasteiger partial charge on any atom is -0.461 e. The number of ether oxygens (including phenoxy) is 1. The van der Waals surface area contributed by atoms with Crippen molar-refractivity contribution in [2.75, 3.05) is 30.3 Å². The van der Waals surface area contributed by atoms with Crippen molar-refractivity contribution in [3.63, 3.8) is 0 Å². The van der Waals surface area contributed by atoms with Crippen LogP contribution >= 0.6 is 47.8 Å². The summed E-state index contributed by atoms with van der Waals surface area (Å²) >= 11 is 8.74. The van der Waals surface area contributed by atoms with Crippen LogP contribution in [0.15, 0.2) is 0 Å². The van der Waals surface area contributed by atoms with Crippen LogP contribution in [0.1, 0.15) is 108 Å². The number of hydrogen-bond acceptors (Lipinski definition) is 5.